The van der Waals surface area contributed by atoms with E-state index in [1.807, 2.05) is 19.9 Å². The third-order valence-corrected chi connectivity index (χ3v) is 3.25. The summed E-state index contributed by atoms with van der Waals surface area (Å²) in [6, 6.07) is 2.01. The molecular weight excluding hydrogens is 204 g/mol. The zero-order chi connectivity index (χ0) is 12.1. The average molecular weight is 224 g/mol. The summed E-state index contributed by atoms with van der Waals surface area (Å²) >= 11 is 0. The largest absolute Gasteiger partial charge is 0.393 e. The van der Waals surface area contributed by atoms with Crippen LogP contribution >= 0.6 is 0 Å². The molecule has 1 fully saturated rings. The van der Waals surface area contributed by atoms with E-state index in [9.17, 15) is 9.90 Å². The van der Waals surface area contributed by atoms with Gasteiger partial charge in [0.15, 0.2) is 0 Å². The summed E-state index contributed by atoms with van der Waals surface area (Å²) in [6.07, 6.45) is 2.51. The number of hydrogen-bond acceptors (Lipinski definition) is 3. The Morgan fingerprint density at radius 1 is 1.56 bits per heavy atom. The van der Waals surface area contributed by atoms with Crippen LogP contribution in [0.15, 0.2) is 0 Å². The van der Waals surface area contributed by atoms with Crippen LogP contribution in [0.4, 0.5) is 0 Å². The first-order valence-corrected chi connectivity index (χ1v) is 5.91. The second kappa shape index (κ2) is 5.86. The highest BCUT2D eigenvalue weighted by molar-refractivity contribution is 5.81. The molecule has 1 aliphatic carbocycles. The van der Waals surface area contributed by atoms with Crippen LogP contribution in [0.5, 0.6) is 0 Å². The van der Waals surface area contributed by atoms with Crippen molar-refractivity contribution in [2.75, 3.05) is 6.54 Å². The molecule has 1 aliphatic rings. The van der Waals surface area contributed by atoms with Gasteiger partial charge in [-0.25, -0.2) is 0 Å². The number of aliphatic hydroxyl groups excluding tert-OH is 1. The SMILES string of the molecule is CC(C)C(C#N)C(=O)NCC1CCCC1O. The van der Waals surface area contributed by atoms with Gasteiger partial charge in [-0.3, -0.25) is 4.79 Å². The molecule has 90 valence electrons. The van der Waals surface area contributed by atoms with E-state index in [0.29, 0.717) is 6.54 Å². The number of hydrogen-bond donors (Lipinski definition) is 2. The predicted molar refractivity (Wildman–Crippen MR) is 60.3 cm³/mol. The van der Waals surface area contributed by atoms with E-state index in [-0.39, 0.29) is 23.8 Å². The molecule has 3 atom stereocenters. The Morgan fingerprint density at radius 2 is 2.25 bits per heavy atom. The number of carbonyl (C=O) groups excluding carboxylic acids is 1. The van der Waals surface area contributed by atoms with Crippen molar-refractivity contribution in [2.45, 2.75) is 39.2 Å². The minimum absolute atomic E-state index is 0.0264. The number of rotatable bonds is 4. The molecule has 4 heteroatoms. The standard InChI is InChI=1S/C12H20N2O2/c1-8(2)10(6-13)12(16)14-7-9-4-3-5-11(9)15/h8-11,15H,3-5,7H2,1-2H3,(H,14,16). The molecule has 0 heterocycles. The zero-order valence-corrected chi connectivity index (χ0v) is 9.94. The number of nitrogens with zero attached hydrogens (tertiary/aromatic N) is 1. The highest BCUT2D eigenvalue weighted by Gasteiger charge is 2.27. The topological polar surface area (TPSA) is 73.1 Å². The maximum absolute atomic E-state index is 11.7. The van der Waals surface area contributed by atoms with Crippen LogP contribution in [0, 0.1) is 29.1 Å². The molecule has 0 spiro atoms. The van der Waals surface area contributed by atoms with Crippen molar-refractivity contribution in [2.24, 2.45) is 17.8 Å². The third kappa shape index (κ3) is 3.21. The maximum Gasteiger partial charge on any atom is 0.237 e. The fraction of sp³-hybridized carbons (Fsp3) is 0.833. The van der Waals surface area contributed by atoms with Crippen molar-refractivity contribution in [3.8, 4) is 6.07 Å². The van der Waals surface area contributed by atoms with Crippen LogP contribution in [0.1, 0.15) is 33.1 Å². The number of nitrogens with one attached hydrogen (secondary N) is 1. The van der Waals surface area contributed by atoms with Gasteiger partial charge in [-0.15, -0.1) is 0 Å². The van der Waals surface area contributed by atoms with Crippen molar-refractivity contribution in [3.05, 3.63) is 0 Å². The Morgan fingerprint density at radius 3 is 2.69 bits per heavy atom. The maximum atomic E-state index is 11.7. The molecule has 1 amide bonds. The molecule has 4 nitrogen and oxygen atoms in total. The molecule has 0 aliphatic heterocycles. The third-order valence-electron chi connectivity index (χ3n) is 3.25. The average Bonchev–Trinajstić information content (AvgIpc) is 2.61. The smallest absolute Gasteiger partial charge is 0.237 e. The summed E-state index contributed by atoms with van der Waals surface area (Å²) in [5, 5.41) is 21.2. The Kier molecular flexibility index (Phi) is 4.75. The lowest BCUT2D eigenvalue weighted by Crippen LogP contribution is -2.37. The van der Waals surface area contributed by atoms with Gasteiger partial charge in [0.1, 0.15) is 5.92 Å². The van der Waals surface area contributed by atoms with E-state index < -0.39 is 5.92 Å². The molecule has 2 N–H and O–H groups in total. The second-order valence-electron chi connectivity index (χ2n) is 4.85. The van der Waals surface area contributed by atoms with E-state index >= 15 is 0 Å². The molecule has 1 rings (SSSR count). The number of amides is 1. The Bertz CT molecular complexity index is 283. The molecule has 3 unspecified atom stereocenters. The summed E-state index contributed by atoms with van der Waals surface area (Å²) in [7, 11) is 0. The monoisotopic (exact) mass is 224 g/mol. The van der Waals surface area contributed by atoms with Gasteiger partial charge in [-0.1, -0.05) is 20.3 Å². The minimum atomic E-state index is -0.585. The van der Waals surface area contributed by atoms with Crippen molar-refractivity contribution in [1.29, 1.82) is 5.26 Å². The van der Waals surface area contributed by atoms with Crippen LogP contribution in [-0.4, -0.2) is 23.7 Å². The predicted octanol–water partition coefficient (Wildman–Crippen LogP) is 1.06. The second-order valence-corrected chi connectivity index (χ2v) is 4.85. The first-order valence-electron chi connectivity index (χ1n) is 5.91. The van der Waals surface area contributed by atoms with Gasteiger partial charge >= 0.3 is 0 Å². The van der Waals surface area contributed by atoms with Gasteiger partial charge in [-0.05, 0) is 18.8 Å². The van der Waals surface area contributed by atoms with Crippen LogP contribution < -0.4 is 5.32 Å². The number of nitriles is 1. The van der Waals surface area contributed by atoms with Gasteiger partial charge in [-0.2, -0.15) is 5.26 Å². The Hall–Kier alpha value is -1.08. The van der Waals surface area contributed by atoms with Crippen LogP contribution in [0.2, 0.25) is 0 Å². The van der Waals surface area contributed by atoms with Crippen molar-refractivity contribution in [3.63, 3.8) is 0 Å². The van der Waals surface area contributed by atoms with E-state index in [1.54, 1.807) is 0 Å². The first-order chi connectivity index (χ1) is 7.56. The minimum Gasteiger partial charge on any atom is -0.393 e. The van der Waals surface area contributed by atoms with Gasteiger partial charge < -0.3 is 10.4 Å². The molecule has 0 aromatic heterocycles. The Labute approximate surface area is 96.6 Å². The van der Waals surface area contributed by atoms with Crippen LogP contribution in [0.25, 0.3) is 0 Å². The lowest BCUT2D eigenvalue weighted by atomic mass is 9.96. The Balaban J connectivity index is 2.37. The molecule has 1 saturated carbocycles. The fourth-order valence-corrected chi connectivity index (χ4v) is 2.11. The number of aliphatic hydroxyl groups is 1. The lowest BCUT2D eigenvalue weighted by molar-refractivity contribution is -0.124. The van der Waals surface area contributed by atoms with E-state index in [4.69, 9.17) is 5.26 Å². The fourth-order valence-electron chi connectivity index (χ4n) is 2.11. The summed E-state index contributed by atoms with van der Waals surface area (Å²) in [5.74, 6) is -0.607. The summed E-state index contributed by atoms with van der Waals surface area (Å²) < 4.78 is 0. The molecule has 0 bridgehead atoms. The number of carbonyl (C=O) groups is 1. The van der Waals surface area contributed by atoms with Crippen molar-refractivity contribution < 1.29 is 9.90 Å². The molecule has 0 saturated heterocycles. The highest BCUT2D eigenvalue weighted by atomic mass is 16.3. The van der Waals surface area contributed by atoms with Gasteiger partial charge in [0.2, 0.25) is 5.91 Å². The summed E-state index contributed by atoms with van der Waals surface area (Å²) in [6.45, 7) is 4.21. The molecule has 0 aromatic rings. The van der Waals surface area contributed by atoms with E-state index in [0.717, 1.165) is 19.3 Å². The molecule has 16 heavy (non-hydrogen) atoms. The molecular formula is C12H20N2O2. The van der Waals surface area contributed by atoms with Gasteiger partial charge in [0, 0.05) is 12.5 Å². The van der Waals surface area contributed by atoms with Gasteiger partial charge in [0.05, 0.1) is 12.2 Å². The quantitative estimate of drug-likeness (QED) is 0.750. The normalized spacial score (nSPS) is 26.4. The summed E-state index contributed by atoms with van der Waals surface area (Å²) in [4.78, 5) is 11.7. The first kappa shape index (κ1) is 13.0. The zero-order valence-electron chi connectivity index (χ0n) is 9.94. The summed E-state index contributed by atoms with van der Waals surface area (Å²) in [5.41, 5.74) is 0. The van der Waals surface area contributed by atoms with Gasteiger partial charge in [0.25, 0.3) is 0 Å². The van der Waals surface area contributed by atoms with Crippen LogP contribution in [-0.2, 0) is 4.79 Å². The lowest BCUT2D eigenvalue weighted by Gasteiger charge is -2.17. The van der Waals surface area contributed by atoms with E-state index in [1.165, 1.54) is 0 Å². The molecule has 0 aromatic carbocycles. The van der Waals surface area contributed by atoms with Crippen molar-refractivity contribution >= 4 is 5.91 Å². The van der Waals surface area contributed by atoms with Crippen molar-refractivity contribution in [1.82, 2.24) is 5.32 Å². The van der Waals surface area contributed by atoms with Crippen LogP contribution in [0.3, 0.4) is 0 Å². The highest BCUT2D eigenvalue weighted by Crippen LogP contribution is 2.24. The molecule has 0 radical (unpaired) electrons. The van der Waals surface area contributed by atoms with E-state index in [2.05, 4.69) is 5.32 Å².